The maximum Gasteiger partial charge on any atom is 0.173 e. The zero-order valence-electron chi connectivity index (χ0n) is 12.3. The molecule has 2 aromatic rings. The molecule has 0 N–H and O–H groups in total. The molecule has 0 amide bonds. The Labute approximate surface area is 128 Å². The summed E-state index contributed by atoms with van der Waals surface area (Å²) in [4.78, 5) is 12.4. The SMILES string of the molecule is CC1(C(=O)c2cc(F)cc(OCc3ccccc3)c2)COC1. The molecule has 3 nitrogen and oxygen atoms in total. The van der Waals surface area contributed by atoms with Crippen LogP contribution in [0.25, 0.3) is 0 Å². The number of halogens is 1. The molecule has 0 bridgehead atoms. The van der Waals surface area contributed by atoms with Crippen LogP contribution in [-0.2, 0) is 11.3 Å². The van der Waals surface area contributed by atoms with E-state index < -0.39 is 11.2 Å². The van der Waals surface area contributed by atoms with Gasteiger partial charge in [-0.2, -0.15) is 0 Å². The number of Topliss-reactive ketones (excluding diaryl/α,β-unsaturated/α-hetero) is 1. The summed E-state index contributed by atoms with van der Waals surface area (Å²) < 4.78 is 24.5. The van der Waals surface area contributed by atoms with Crippen LogP contribution in [-0.4, -0.2) is 19.0 Å². The van der Waals surface area contributed by atoms with Crippen LogP contribution >= 0.6 is 0 Å². The molecule has 0 atom stereocenters. The second-order valence-corrected chi connectivity index (χ2v) is 5.83. The van der Waals surface area contributed by atoms with Crippen LogP contribution in [0, 0.1) is 11.2 Å². The number of carbonyl (C=O) groups is 1. The van der Waals surface area contributed by atoms with Crippen molar-refractivity contribution in [1.29, 1.82) is 0 Å². The van der Waals surface area contributed by atoms with Crippen molar-refractivity contribution in [3.63, 3.8) is 0 Å². The third-order valence-corrected chi connectivity index (χ3v) is 3.77. The van der Waals surface area contributed by atoms with E-state index in [2.05, 4.69) is 0 Å². The quantitative estimate of drug-likeness (QED) is 0.791. The van der Waals surface area contributed by atoms with Gasteiger partial charge < -0.3 is 9.47 Å². The first-order valence-corrected chi connectivity index (χ1v) is 7.17. The van der Waals surface area contributed by atoms with Gasteiger partial charge in [0, 0.05) is 11.6 Å². The molecule has 4 heteroatoms. The normalized spacial score (nSPS) is 15.9. The van der Waals surface area contributed by atoms with Crippen LogP contribution in [0.1, 0.15) is 22.8 Å². The highest BCUT2D eigenvalue weighted by Gasteiger charge is 2.41. The largest absolute Gasteiger partial charge is 0.489 e. The topological polar surface area (TPSA) is 35.5 Å². The molecular formula is C18H17FO3. The summed E-state index contributed by atoms with van der Waals surface area (Å²) in [6.07, 6.45) is 0. The minimum atomic E-state index is -0.551. The lowest BCUT2D eigenvalue weighted by atomic mass is 9.80. The van der Waals surface area contributed by atoms with Crippen molar-refractivity contribution in [3.05, 3.63) is 65.5 Å². The smallest absolute Gasteiger partial charge is 0.173 e. The van der Waals surface area contributed by atoms with Crippen molar-refractivity contribution < 1.29 is 18.7 Å². The van der Waals surface area contributed by atoms with Crippen molar-refractivity contribution in [2.45, 2.75) is 13.5 Å². The Bertz CT molecular complexity index is 678. The Balaban J connectivity index is 1.76. The van der Waals surface area contributed by atoms with Gasteiger partial charge in [0.25, 0.3) is 0 Å². The van der Waals surface area contributed by atoms with E-state index in [9.17, 15) is 9.18 Å². The average molecular weight is 300 g/mol. The number of ether oxygens (including phenoxy) is 2. The second-order valence-electron chi connectivity index (χ2n) is 5.83. The van der Waals surface area contributed by atoms with Gasteiger partial charge in [-0.1, -0.05) is 30.3 Å². The minimum absolute atomic E-state index is 0.109. The van der Waals surface area contributed by atoms with Crippen molar-refractivity contribution in [3.8, 4) is 5.75 Å². The van der Waals surface area contributed by atoms with Crippen LogP contribution in [0.3, 0.4) is 0 Å². The van der Waals surface area contributed by atoms with Crippen LogP contribution < -0.4 is 4.74 Å². The Morgan fingerprint density at radius 1 is 1.23 bits per heavy atom. The van der Waals surface area contributed by atoms with Gasteiger partial charge in [0.1, 0.15) is 18.2 Å². The summed E-state index contributed by atoms with van der Waals surface area (Å²) in [7, 11) is 0. The van der Waals surface area contributed by atoms with E-state index in [4.69, 9.17) is 9.47 Å². The van der Waals surface area contributed by atoms with Crippen molar-refractivity contribution in [1.82, 2.24) is 0 Å². The fourth-order valence-electron chi connectivity index (χ4n) is 2.41. The van der Waals surface area contributed by atoms with Crippen LogP contribution in [0.2, 0.25) is 0 Å². The third kappa shape index (κ3) is 3.02. The summed E-state index contributed by atoms with van der Waals surface area (Å²) in [5.41, 5.74) is 0.762. The van der Waals surface area contributed by atoms with Gasteiger partial charge >= 0.3 is 0 Å². The van der Waals surface area contributed by atoms with Gasteiger partial charge in [-0.25, -0.2) is 4.39 Å². The van der Waals surface area contributed by atoms with E-state index in [1.165, 1.54) is 12.1 Å². The fourth-order valence-corrected chi connectivity index (χ4v) is 2.41. The number of carbonyl (C=O) groups excluding carboxylic acids is 1. The number of rotatable bonds is 5. The predicted molar refractivity (Wildman–Crippen MR) is 80.4 cm³/mol. The molecule has 22 heavy (non-hydrogen) atoms. The van der Waals surface area contributed by atoms with Gasteiger partial charge in [0.15, 0.2) is 5.78 Å². The molecule has 1 saturated heterocycles. The minimum Gasteiger partial charge on any atom is -0.489 e. The monoisotopic (exact) mass is 300 g/mol. The van der Waals surface area contributed by atoms with Gasteiger partial charge in [0.05, 0.1) is 18.6 Å². The van der Waals surface area contributed by atoms with Gasteiger partial charge in [-0.15, -0.1) is 0 Å². The first kappa shape index (κ1) is 14.7. The lowest BCUT2D eigenvalue weighted by Gasteiger charge is -2.36. The molecule has 1 aliphatic heterocycles. The molecule has 1 aliphatic rings. The Morgan fingerprint density at radius 3 is 2.59 bits per heavy atom. The molecule has 0 aliphatic carbocycles. The highest BCUT2D eigenvalue weighted by molar-refractivity contribution is 6.01. The van der Waals surface area contributed by atoms with Crippen molar-refractivity contribution in [2.75, 3.05) is 13.2 Å². The Hall–Kier alpha value is -2.20. The standard InChI is InChI=1S/C18H17FO3/c1-18(11-21-12-18)17(20)14-7-15(19)9-16(8-14)22-10-13-5-3-2-4-6-13/h2-9H,10-12H2,1H3. The molecule has 114 valence electrons. The predicted octanol–water partition coefficient (Wildman–Crippen LogP) is 3.62. The zero-order chi connectivity index (χ0) is 15.6. The van der Waals surface area contributed by atoms with E-state index in [0.29, 0.717) is 31.1 Å². The van der Waals surface area contributed by atoms with Crippen LogP contribution in [0.15, 0.2) is 48.5 Å². The molecule has 3 rings (SSSR count). The first-order valence-electron chi connectivity index (χ1n) is 7.17. The maximum absolute atomic E-state index is 13.8. The highest BCUT2D eigenvalue weighted by atomic mass is 19.1. The van der Waals surface area contributed by atoms with Crippen LogP contribution in [0.5, 0.6) is 5.75 Å². The van der Waals surface area contributed by atoms with E-state index in [1.807, 2.05) is 37.3 Å². The molecule has 0 saturated carbocycles. The number of ketones is 1. The van der Waals surface area contributed by atoms with E-state index in [1.54, 1.807) is 6.07 Å². The van der Waals surface area contributed by atoms with Gasteiger partial charge in [0.2, 0.25) is 0 Å². The Morgan fingerprint density at radius 2 is 1.95 bits per heavy atom. The van der Waals surface area contributed by atoms with Crippen molar-refractivity contribution >= 4 is 5.78 Å². The summed E-state index contributed by atoms with van der Waals surface area (Å²) >= 11 is 0. The zero-order valence-corrected chi connectivity index (χ0v) is 12.3. The molecule has 1 heterocycles. The fraction of sp³-hybridized carbons (Fsp3) is 0.278. The first-order chi connectivity index (χ1) is 10.6. The number of hydrogen-bond donors (Lipinski definition) is 0. The number of hydrogen-bond acceptors (Lipinski definition) is 3. The average Bonchev–Trinajstić information content (AvgIpc) is 2.50. The lowest BCUT2D eigenvalue weighted by Crippen LogP contribution is -2.46. The molecule has 0 unspecified atom stereocenters. The molecule has 2 aromatic carbocycles. The lowest BCUT2D eigenvalue weighted by molar-refractivity contribution is -0.0768. The van der Waals surface area contributed by atoms with E-state index in [0.717, 1.165) is 5.56 Å². The summed E-state index contributed by atoms with van der Waals surface area (Å²) in [5.74, 6) is -0.225. The Kier molecular flexibility index (Phi) is 3.94. The molecule has 0 spiro atoms. The van der Waals surface area contributed by atoms with Gasteiger partial charge in [-0.3, -0.25) is 4.79 Å². The third-order valence-electron chi connectivity index (χ3n) is 3.77. The highest BCUT2D eigenvalue weighted by Crippen LogP contribution is 2.32. The molecule has 1 fully saturated rings. The van der Waals surface area contributed by atoms with Gasteiger partial charge in [-0.05, 0) is 24.6 Å². The number of benzene rings is 2. The summed E-state index contributed by atoms with van der Waals surface area (Å²) in [6.45, 7) is 2.91. The van der Waals surface area contributed by atoms with E-state index >= 15 is 0 Å². The maximum atomic E-state index is 13.8. The molecule has 0 radical (unpaired) electrons. The van der Waals surface area contributed by atoms with Crippen molar-refractivity contribution in [2.24, 2.45) is 5.41 Å². The van der Waals surface area contributed by atoms with E-state index in [-0.39, 0.29) is 5.78 Å². The summed E-state index contributed by atoms with van der Waals surface area (Å²) in [5, 5.41) is 0. The summed E-state index contributed by atoms with van der Waals surface area (Å²) in [6, 6.07) is 13.7. The van der Waals surface area contributed by atoms with Crippen LogP contribution in [0.4, 0.5) is 4.39 Å². The second kappa shape index (κ2) is 5.89. The molecular weight excluding hydrogens is 283 g/mol. The molecule has 0 aromatic heterocycles.